The molecule has 0 aromatic rings. The standard InChI is InChI=1S/C73H134O6/c1-4-7-10-13-16-19-22-25-27-29-31-33-35-36-37-38-39-41-42-44-46-48-51-54-57-60-63-66-72(75)78-69-70(68-77-71(74)65-62-59-56-53-50-24-21-18-15-12-9-6-3)79-73(76)67-64-61-58-55-52-49-47-45-43-40-34-32-30-28-26-23-20-17-14-11-8-5-2/h18,21-22,25,29,31,35-36,70H,4-17,19-20,23-24,26-28,30,32-34,37-69H2,1-3H3/b21-18-,25-22-,31-29-,36-35-. The molecule has 1 unspecified atom stereocenters. The van der Waals surface area contributed by atoms with E-state index in [1.807, 2.05) is 0 Å². The molecular weight excluding hydrogens is 973 g/mol. The van der Waals surface area contributed by atoms with Crippen molar-refractivity contribution in [3.05, 3.63) is 48.6 Å². The highest BCUT2D eigenvalue weighted by Crippen LogP contribution is 2.18. The molecular formula is C73H134O6. The van der Waals surface area contributed by atoms with Crippen LogP contribution in [0.25, 0.3) is 0 Å². The number of carbonyl (C=O) groups is 3. The molecule has 0 bridgehead atoms. The lowest BCUT2D eigenvalue weighted by Gasteiger charge is -2.18. The van der Waals surface area contributed by atoms with Gasteiger partial charge in [0.15, 0.2) is 6.10 Å². The first-order chi connectivity index (χ1) is 39.0. The van der Waals surface area contributed by atoms with Crippen molar-refractivity contribution in [2.45, 2.75) is 386 Å². The van der Waals surface area contributed by atoms with Gasteiger partial charge < -0.3 is 14.2 Å². The Morgan fingerprint density at radius 2 is 0.456 bits per heavy atom. The maximum absolute atomic E-state index is 12.9. The van der Waals surface area contributed by atoms with Crippen molar-refractivity contribution in [1.82, 2.24) is 0 Å². The highest BCUT2D eigenvalue weighted by Gasteiger charge is 2.19. The normalized spacial score (nSPS) is 12.3. The molecule has 0 fully saturated rings. The lowest BCUT2D eigenvalue weighted by Crippen LogP contribution is -2.30. The minimum Gasteiger partial charge on any atom is -0.462 e. The molecule has 0 spiro atoms. The maximum Gasteiger partial charge on any atom is 0.306 e. The van der Waals surface area contributed by atoms with Crippen LogP contribution in [0.2, 0.25) is 0 Å². The van der Waals surface area contributed by atoms with Crippen LogP contribution in [0.5, 0.6) is 0 Å². The minimum atomic E-state index is -0.776. The Balaban J connectivity index is 4.22. The van der Waals surface area contributed by atoms with Crippen molar-refractivity contribution >= 4 is 17.9 Å². The second kappa shape index (κ2) is 67.9. The van der Waals surface area contributed by atoms with Crippen LogP contribution in [0.1, 0.15) is 380 Å². The zero-order valence-corrected chi connectivity index (χ0v) is 53.2. The summed E-state index contributed by atoms with van der Waals surface area (Å²) in [6.07, 6.45) is 85.7. The van der Waals surface area contributed by atoms with Crippen LogP contribution in [0.4, 0.5) is 0 Å². The Bertz CT molecular complexity index is 1360. The van der Waals surface area contributed by atoms with Gasteiger partial charge in [0.1, 0.15) is 13.2 Å². The van der Waals surface area contributed by atoms with Crippen LogP contribution in [0, 0.1) is 0 Å². The lowest BCUT2D eigenvalue weighted by molar-refractivity contribution is -0.167. The van der Waals surface area contributed by atoms with Crippen LogP contribution < -0.4 is 0 Å². The summed E-state index contributed by atoms with van der Waals surface area (Å²) in [6.45, 7) is 6.66. The third kappa shape index (κ3) is 66.1. The van der Waals surface area contributed by atoms with Gasteiger partial charge in [-0.25, -0.2) is 0 Å². The summed E-state index contributed by atoms with van der Waals surface area (Å²) < 4.78 is 17.0. The summed E-state index contributed by atoms with van der Waals surface area (Å²) in [4.78, 5) is 38.4. The van der Waals surface area contributed by atoms with Gasteiger partial charge in [0.25, 0.3) is 0 Å². The van der Waals surface area contributed by atoms with Gasteiger partial charge in [-0.3, -0.25) is 14.4 Å². The van der Waals surface area contributed by atoms with Crippen molar-refractivity contribution in [2.75, 3.05) is 13.2 Å². The molecule has 6 nitrogen and oxygen atoms in total. The molecule has 0 saturated carbocycles. The van der Waals surface area contributed by atoms with Crippen molar-refractivity contribution in [3.63, 3.8) is 0 Å². The summed E-state index contributed by atoms with van der Waals surface area (Å²) in [5.41, 5.74) is 0. The number of rotatable bonds is 65. The first-order valence-electron chi connectivity index (χ1n) is 35.1. The maximum atomic E-state index is 12.9. The molecule has 0 aliphatic carbocycles. The Kier molecular flexibility index (Phi) is 65.6. The molecule has 79 heavy (non-hydrogen) atoms. The fourth-order valence-electron chi connectivity index (χ4n) is 10.5. The predicted molar refractivity (Wildman–Crippen MR) is 344 cm³/mol. The summed E-state index contributed by atoms with van der Waals surface area (Å²) >= 11 is 0. The molecule has 1 atom stereocenters. The number of allylic oxidation sites excluding steroid dienone is 8. The Labute approximate surface area is 492 Å². The SMILES string of the molecule is CCCCC/C=C\CCCCCCCC(=O)OCC(COC(=O)CCCCCCCCCCCCCC/C=C\C/C=C\C/C=C\CCCCCCC)OC(=O)CCCCCCCCCCCCCCCCCCCCCCCC. The van der Waals surface area contributed by atoms with E-state index in [2.05, 4.69) is 69.4 Å². The molecule has 0 amide bonds. The zero-order chi connectivity index (χ0) is 57.1. The number of hydrogen-bond donors (Lipinski definition) is 0. The van der Waals surface area contributed by atoms with E-state index >= 15 is 0 Å². The summed E-state index contributed by atoms with van der Waals surface area (Å²) in [6, 6.07) is 0. The third-order valence-electron chi connectivity index (χ3n) is 15.8. The second-order valence-electron chi connectivity index (χ2n) is 23.8. The molecule has 0 N–H and O–H groups in total. The Hall–Kier alpha value is -2.63. The number of hydrogen-bond acceptors (Lipinski definition) is 6. The number of esters is 3. The molecule has 0 aliphatic heterocycles. The topological polar surface area (TPSA) is 78.9 Å². The minimum absolute atomic E-state index is 0.0725. The predicted octanol–water partition coefficient (Wildman–Crippen LogP) is 24.1. The van der Waals surface area contributed by atoms with E-state index in [1.54, 1.807) is 0 Å². The molecule has 0 heterocycles. The summed E-state index contributed by atoms with van der Waals surface area (Å²) in [5, 5.41) is 0. The van der Waals surface area contributed by atoms with Crippen LogP contribution in [0.3, 0.4) is 0 Å². The van der Waals surface area contributed by atoms with Gasteiger partial charge in [0.2, 0.25) is 0 Å². The summed E-state index contributed by atoms with van der Waals surface area (Å²) in [7, 11) is 0. The van der Waals surface area contributed by atoms with E-state index in [0.717, 1.165) is 77.0 Å². The fraction of sp³-hybridized carbons (Fsp3) is 0.849. The Morgan fingerprint density at radius 1 is 0.253 bits per heavy atom. The quantitative estimate of drug-likeness (QED) is 0.0261. The van der Waals surface area contributed by atoms with Crippen molar-refractivity contribution in [1.29, 1.82) is 0 Å². The fourth-order valence-corrected chi connectivity index (χ4v) is 10.5. The Morgan fingerprint density at radius 3 is 0.747 bits per heavy atom. The smallest absolute Gasteiger partial charge is 0.306 e. The average Bonchev–Trinajstić information content (AvgIpc) is 3.45. The second-order valence-corrected chi connectivity index (χ2v) is 23.8. The van der Waals surface area contributed by atoms with Gasteiger partial charge >= 0.3 is 17.9 Å². The number of carbonyl (C=O) groups excluding carboxylic acids is 3. The van der Waals surface area contributed by atoms with Gasteiger partial charge in [-0.1, -0.05) is 326 Å². The average molecular weight is 1110 g/mol. The molecule has 0 aromatic carbocycles. The number of ether oxygens (including phenoxy) is 3. The molecule has 0 saturated heterocycles. The third-order valence-corrected chi connectivity index (χ3v) is 15.8. The van der Waals surface area contributed by atoms with Gasteiger partial charge in [0, 0.05) is 19.3 Å². The van der Waals surface area contributed by atoms with Gasteiger partial charge in [0.05, 0.1) is 0 Å². The van der Waals surface area contributed by atoms with E-state index in [1.165, 1.54) is 263 Å². The number of unbranched alkanes of at least 4 members (excludes halogenated alkanes) is 46. The van der Waals surface area contributed by atoms with Gasteiger partial charge in [-0.15, -0.1) is 0 Å². The zero-order valence-electron chi connectivity index (χ0n) is 53.2. The van der Waals surface area contributed by atoms with Gasteiger partial charge in [-0.05, 0) is 83.5 Å². The van der Waals surface area contributed by atoms with Crippen molar-refractivity contribution < 1.29 is 28.6 Å². The highest BCUT2D eigenvalue weighted by molar-refractivity contribution is 5.71. The first kappa shape index (κ1) is 76.4. The van der Waals surface area contributed by atoms with Crippen LogP contribution in [-0.4, -0.2) is 37.2 Å². The van der Waals surface area contributed by atoms with Gasteiger partial charge in [-0.2, -0.15) is 0 Å². The van der Waals surface area contributed by atoms with E-state index in [0.29, 0.717) is 19.3 Å². The van der Waals surface area contributed by atoms with Crippen molar-refractivity contribution in [3.8, 4) is 0 Å². The highest BCUT2D eigenvalue weighted by atomic mass is 16.6. The largest absolute Gasteiger partial charge is 0.462 e. The van der Waals surface area contributed by atoms with Crippen LogP contribution in [0.15, 0.2) is 48.6 Å². The van der Waals surface area contributed by atoms with E-state index < -0.39 is 6.10 Å². The van der Waals surface area contributed by atoms with E-state index in [9.17, 15) is 14.4 Å². The first-order valence-corrected chi connectivity index (χ1v) is 35.1. The molecule has 0 radical (unpaired) electrons. The molecule has 462 valence electrons. The molecule has 6 heteroatoms. The molecule has 0 aromatic heterocycles. The van der Waals surface area contributed by atoms with Crippen molar-refractivity contribution in [2.24, 2.45) is 0 Å². The molecule has 0 rings (SSSR count). The van der Waals surface area contributed by atoms with E-state index in [4.69, 9.17) is 14.2 Å². The van der Waals surface area contributed by atoms with Crippen LogP contribution >= 0.6 is 0 Å². The van der Waals surface area contributed by atoms with Crippen LogP contribution in [-0.2, 0) is 28.6 Å². The van der Waals surface area contributed by atoms with E-state index in [-0.39, 0.29) is 31.1 Å². The lowest BCUT2D eigenvalue weighted by atomic mass is 10.0. The molecule has 0 aliphatic rings. The summed E-state index contributed by atoms with van der Waals surface area (Å²) in [5.74, 6) is -0.858. The monoisotopic (exact) mass is 1110 g/mol.